The first-order valence-corrected chi connectivity index (χ1v) is 7.96. The summed E-state index contributed by atoms with van der Waals surface area (Å²) in [5, 5.41) is 0.586. The van der Waals surface area contributed by atoms with Crippen LogP contribution in [0.4, 0.5) is 0 Å². The van der Waals surface area contributed by atoms with Gasteiger partial charge in [-0.25, -0.2) is 0 Å². The molecule has 0 saturated carbocycles. The molecule has 0 bridgehead atoms. The summed E-state index contributed by atoms with van der Waals surface area (Å²) in [4.78, 5) is 2.27. The Morgan fingerprint density at radius 3 is 2.18 bits per heavy atom. The second-order valence-electron chi connectivity index (χ2n) is 4.24. The molecule has 17 heavy (non-hydrogen) atoms. The predicted molar refractivity (Wildman–Crippen MR) is 70.3 cm³/mol. The summed E-state index contributed by atoms with van der Waals surface area (Å²) in [6.07, 6.45) is 3.71. The van der Waals surface area contributed by atoms with Crippen LogP contribution in [-0.4, -0.2) is 37.7 Å². The Labute approximate surface area is 105 Å². The molecule has 0 spiro atoms. The Hall–Kier alpha value is -0.150. The van der Waals surface area contributed by atoms with Gasteiger partial charge in [0.1, 0.15) is 0 Å². The molecule has 0 radical (unpaired) electrons. The molecule has 1 aliphatic heterocycles. The summed E-state index contributed by atoms with van der Waals surface area (Å²) in [5.74, 6) is 0. The summed E-state index contributed by atoms with van der Waals surface area (Å²) in [7, 11) is -3.11. The minimum Gasteiger partial charge on any atom is -0.306 e. The van der Waals surface area contributed by atoms with Crippen LogP contribution in [-0.2, 0) is 13.6 Å². The maximum absolute atomic E-state index is 12.4. The van der Waals surface area contributed by atoms with Gasteiger partial charge in [0.2, 0.25) is 0 Å². The predicted octanol–water partition coefficient (Wildman–Crippen LogP) is 3.25. The van der Waals surface area contributed by atoms with Crippen molar-refractivity contribution in [2.45, 2.75) is 33.1 Å². The van der Waals surface area contributed by atoms with Crippen LogP contribution in [0.5, 0.6) is 0 Å². The third kappa shape index (κ3) is 4.55. The third-order valence-electron chi connectivity index (χ3n) is 2.84. The molecule has 0 aromatic heterocycles. The SMILES string of the molecule is C=C(CN1CCCCC1)P(=O)(OCC)OCC. The highest BCUT2D eigenvalue weighted by atomic mass is 31.2. The maximum atomic E-state index is 12.4. The van der Waals surface area contributed by atoms with Crippen LogP contribution in [0, 0.1) is 0 Å². The van der Waals surface area contributed by atoms with Gasteiger partial charge in [0.15, 0.2) is 0 Å². The number of piperidine rings is 1. The van der Waals surface area contributed by atoms with E-state index in [-0.39, 0.29) is 0 Å². The second kappa shape index (κ2) is 7.32. The lowest BCUT2D eigenvalue weighted by molar-refractivity contribution is 0.215. The zero-order valence-corrected chi connectivity index (χ0v) is 11.9. The molecule has 0 amide bonds. The number of hydrogen-bond donors (Lipinski definition) is 0. The highest BCUT2D eigenvalue weighted by Gasteiger charge is 2.29. The van der Waals surface area contributed by atoms with Gasteiger partial charge < -0.3 is 9.05 Å². The lowest BCUT2D eigenvalue weighted by Gasteiger charge is -2.29. The summed E-state index contributed by atoms with van der Waals surface area (Å²) in [6, 6.07) is 0. The van der Waals surface area contributed by atoms with Crippen LogP contribution in [0.3, 0.4) is 0 Å². The second-order valence-corrected chi connectivity index (χ2v) is 6.38. The van der Waals surface area contributed by atoms with Crippen molar-refractivity contribution in [2.24, 2.45) is 0 Å². The first-order valence-electron chi connectivity index (χ1n) is 6.42. The van der Waals surface area contributed by atoms with E-state index in [1.807, 2.05) is 13.8 Å². The molecular formula is C12H24NO3P. The third-order valence-corrected chi connectivity index (χ3v) is 4.95. The quantitative estimate of drug-likeness (QED) is 0.659. The van der Waals surface area contributed by atoms with E-state index >= 15 is 0 Å². The van der Waals surface area contributed by atoms with Crippen molar-refractivity contribution in [2.75, 3.05) is 32.8 Å². The smallest absolute Gasteiger partial charge is 0.306 e. The van der Waals surface area contributed by atoms with Crippen molar-refractivity contribution in [3.8, 4) is 0 Å². The molecule has 1 fully saturated rings. The lowest BCUT2D eigenvalue weighted by Crippen LogP contribution is -2.31. The summed E-state index contributed by atoms with van der Waals surface area (Å²) in [6.45, 7) is 11.0. The zero-order valence-electron chi connectivity index (χ0n) is 11.0. The van der Waals surface area contributed by atoms with E-state index in [1.54, 1.807) is 0 Å². The van der Waals surface area contributed by atoms with E-state index in [4.69, 9.17) is 9.05 Å². The zero-order chi connectivity index (χ0) is 12.7. The van der Waals surface area contributed by atoms with Crippen LogP contribution >= 0.6 is 7.60 Å². The molecule has 0 aromatic carbocycles. The standard InChI is InChI=1S/C12H24NO3P/c1-4-15-17(14,16-5-2)12(3)11-13-9-7-6-8-10-13/h3-11H2,1-2H3. The minimum atomic E-state index is -3.11. The topological polar surface area (TPSA) is 38.8 Å². The average Bonchev–Trinajstić information content (AvgIpc) is 2.31. The molecule has 4 nitrogen and oxygen atoms in total. The van der Waals surface area contributed by atoms with Gasteiger partial charge in [0, 0.05) is 11.9 Å². The van der Waals surface area contributed by atoms with Crippen molar-refractivity contribution in [3.63, 3.8) is 0 Å². The molecular weight excluding hydrogens is 237 g/mol. The monoisotopic (exact) mass is 261 g/mol. The van der Waals surface area contributed by atoms with Crippen molar-refractivity contribution in [1.82, 2.24) is 4.90 Å². The lowest BCUT2D eigenvalue weighted by atomic mass is 10.1. The van der Waals surface area contributed by atoms with Crippen LogP contribution in [0.2, 0.25) is 0 Å². The Bertz CT molecular complexity index is 277. The van der Waals surface area contributed by atoms with Crippen LogP contribution < -0.4 is 0 Å². The Kier molecular flexibility index (Phi) is 6.42. The molecule has 0 unspecified atom stereocenters. The molecule has 1 rings (SSSR count). The fourth-order valence-corrected chi connectivity index (χ4v) is 3.51. The molecule has 1 aliphatic rings. The van der Waals surface area contributed by atoms with Gasteiger partial charge in [0.05, 0.1) is 13.2 Å². The molecule has 100 valence electrons. The van der Waals surface area contributed by atoms with Crippen LogP contribution in [0.15, 0.2) is 11.9 Å². The number of likely N-dealkylation sites (tertiary alicyclic amines) is 1. The molecule has 5 heteroatoms. The normalized spacial score (nSPS) is 18.2. The molecule has 1 saturated heterocycles. The Balaban J connectivity index is 2.54. The van der Waals surface area contributed by atoms with Crippen molar-refractivity contribution in [1.29, 1.82) is 0 Å². The van der Waals surface area contributed by atoms with Crippen LogP contribution in [0.25, 0.3) is 0 Å². The molecule has 0 atom stereocenters. The fraction of sp³-hybridized carbons (Fsp3) is 0.833. The number of hydrogen-bond acceptors (Lipinski definition) is 4. The van der Waals surface area contributed by atoms with Gasteiger partial charge in [-0.05, 0) is 39.8 Å². The number of rotatable bonds is 7. The maximum Gasteiger partial charge on any atom is 0.358 e. The van der Waals surface area contributed by atoms with E-state index in [9.17, 15) is 4.57 Å². The highest BCUT2D eigenvalue weighted by Crippen LogP contribution is 2.55. The van der Waals surface area contributed by atoms with Crippen molar-refractivity contribution >= 4 is 7.60 Å². The fourth-order valence-electron chi connectivity index (χ4n) is 2.02. The van der Waals surface area contributed by atoms with Gasteiger partial charge in [0.25, 0.3) is 0 Å². The van der Waals surface area contributed by atoms with Crippen molar-refractivity contribution in [3.05, 3.63) is 11.9 Å². The first-order chi connectivity index (χ1) is 8.12. The van der Waals surface area contributed by atoms with Gasteiger partial charge in [-0.15, -0.1) is 0 Å². The first kappa shape index (κ1) is 14.9. The Morgan fingerprint density at radius 1 is 1.18 bits per heavy atom. The van der Waals surface area contributed by atoms with E-state index in [0.29, 0.717) is 25.1 Å². The van der Waals surface area contributed by atoms with E-state index in [0.717, 1.165) is 13.1 Å². The molecule has 1 heterocycles. The largest absolute Gasteiger partial charge is 0.358 e. The highest BCUT2D eigenvalue weighted by molar-refractivity contribution is 7.58. The van der Waals surface area contributed by atoms with E-state index in [2.05, 4.69) is 11.5 Å². The van der Waals surface area contributed by atoms with Gasteiger partial charge >= 0.3 is 7.60 Å². The number of nitrogens with zero attached hydrogens (tertiary/aromatic N) is 1. The minimum absolute atomic E-state index is 0.385. The molecule has 0 aromatic rings. The summed E-state index contributed by atoms with van der Waals surface area (Å²) >= 11 is 0. The summed E-state index contributed by atoms with van der Waals surface area (Å²) in [5.41, 5.74) is 0. The van der Waals surface area contributed by atoms with Gasteiger partial charge in [-0.2, -0.15) is 0 Å². The Morgan fingerprint density at radius 2 is 1.71 bits per heavy atom. The molecule has 0 N–H and O–H groups in total. The van der Waals surface area contributed by atoms with E-state index < -0.39 is 7.60 Å². The van der Waals surface area contributed by atoms with Crippen LogP contribution in [0.1, 0.15) is 33.1 Å². The average molecular weight is 261 g/mol. The van der Waals surface area contributed by atoms with Gasteiger partial charge in [-0.1, -0.05) is 13.0 Å². The van der Waals surface area contributed by atoms with Crippen molar-refractivity contribution < 1.29 is 13.6 Å². The molecule has 0 aliphatic carbocycles. The van der Waals surface area contributed by atoms with Gasteiger partial charge in [-0.3, -0.25) is 9.46 Å². The van der Waals surface area contributed by atoms with E-state index in [1.165, 1.54) is 19.3 Å². The summed E-state index contributed by atoms with van der Waals surface area (Å²) < 4.78 is 23.0.